The Morgan fingerprint density at radius 3 is 2.62 bits per heavy atom. The number of methoxy groups -OCH3 is 1. The van der Waals surface area contributed by atoms with Gasteiger partial charge < -0.3 is 15.5 Å². The molecule has 2 aromatic rings. The van der Waals surface area contributed by atoms with Crippen molar-refractivity contribution >= 4 is 17.1 Å². The van der Waals surface area contributed by atoms with Crippen LogP contribution in [0.4, 0.5) is 17.1 Å². The number of rotatable bonds is 6. The number of non-ortho nitro benzene ring substituents is 1. The molecule has 0 heterocycles. The number of benzene rings is 2. The van der Waals surface area contributed by atoms with Gasteiger partial charge >= 0.3 is 0 Å². The number of hydrogen-bond acceptors (Lipinski definition) is 6. The minimum Gasteiger partial charge on any atom is -0.496 e. The van der Waals surface area contributed by atoms with E-state index in [0.717, 1.165) is 11.3 Å². The lowest BCUT2D eigenvalue weighted by Gasteiger charge is -2.11. The second kappa shape index (κ2) is 6.58. The molecule has 0 amide bonds. The highest BCUT2D eigenvalue weighted by molar-refractivity contribution is 5.63. The number of ether oxygens (including phenoxy) is 1. The summed E-state index contributed by atoms with van der Waals surface area (Å²) in [4.78, 5) is 10.4. The molecule has 0 spiro atoms. The van der Waals surface area contributed by atoms with E-state index >= 15 is 0 Å². The minimum atomic E-state index is -0.463. The van der Waals surface area contributed by atoms with Crippen LogP contribution in [0.3, 0.4) is 0 Å². The Hall–Kier alpha value is -2.80. The van der Waals surface area contributed by atoms with Gasteiger partial charge in [-0.25, -0.2) is 0 Å². The summed E-state index contributed by atoms with van der Waals surface area (Å²) in [5.74, 6) is 6.08. The van der Waals surface area contributed by atoms with Gasteiger partial charge in [0.05, 0.1) is 17.7 Å². The van der Waals surface area contributed by atoms with E-state index in [0.29, 0.717) is 17.9 Å². The maximum atomic E-state index is 10.9. The van der Waals surface area contributed by atoms with Gasteiger partial charge in [0.25, 0.3) is 5.69 Å². The molecule has 0 aliphatic rings. The van der Waals surface area contributed by atoms with Gasteiger partial charge in [-0.3, -0.25) is 16.0 Å². The minimum absolute atomic E-state index is 0.0343. The van der Waals surface area contributed by atoms with Crippen LogP contribution < -0.4 is 21.3 Å². The zero-order valence-electron chi connectivity index (χ0n) is 11.5. The molecule has 7 nitrogen and oxygen atoms in total. The highest BCUT2D eigenvalue weighted by atomic mass is 16.6. The van der Waals surface area contributed by atoms with Crippen molar-refractivity contribution in [3.63, 3.8) is 0 Å². The summed E-state index contributed by atoms with van der Waals surface area (Å²) in [5, 5.41) is 14.0. The van der Waals surface area contributed by atoms with Crippen molar-refractivity contribution in [3.8, 4) is 5.75 Å². The van der Waals surface area contributed by atoms with Crippen LogP contribution in [0.25, 0.3) is 0 Å². The SMILES string of the molecule is COc1ccccc1CNc1cc(NN)cc([N+](=O)[O-])c1. The average molecular weight is 288 g/mol. The molecule has 0 bridgehead atoms. The number of hydrazine groups is 1. The van der Waals surface area contributed by atoms with Crippen molar-refractivity contribution < 1.29 is 9.66 Å². The molecule has 0 aliphatic heterocycles. The second-order valence-electron chi connectivity index (χ2n) is 4.34. The number of nitrogens with zero attached hydrogens (tertiary/aromatic N) is 1. The number of nitrogens with one attached hydrogen (secondary N) is 2. The van der Waals surface area contributed by atoms with Crippen LogP contribution in [-0.2, 0) is 6.54 Å². The summed E-state index contributed by atoms with van der Waals surface area (Å²) in [5.41, 5.74) is 4.40. The van der Waals surface area contributed by atoms with Crippen molar-refractivity contribution in [2.45, 2.75) is 6.54 Å². The van der Waals surface area contributed by atoms with Crippen molar-refractivity contribution in [2.75, 3.05) is 17.9 Å². The summed E-state index contributed by atoms with van der Waals surface area (Å²) in [6, 6.07) is 12.1. The molecule has 2 aromatic carbocycles. The fraction of sp³-hybridized carbons (Fsp3) is 0.143. The third kappa shape index (κ3) is 3.61. The molecular weight excluding hydrogens is 272 g/mol. The number of nitrogens with two attached hydrogens (primary N) is 1. The number of nitrogen functional groups attached to an aromatic ring is 1. The van der Waals surface area contributed by atoms with E-state index in [1.807, 2.05) is 24.3 Å². The summed E-state index contributed by atoms with van der Waals surface area (Å²) < 4.78 is 5.26. The fourth-order valence-corrected chi connectivity index (χ4v) is 1.95. The van der Waals surface area contributed by atoms with Gasteiger partial charge in [0, 0.05) is 29.9 Å². The number of hydrogen-bond donors (Lipinski definition) is 3. The molecule has 4 N–H and O–H groups in total. The van der Waals surface area contributed by atoms with Crippen LogP contribution in [0.15, 0.2) is 42.5 Å². The molecule has 21 heavy (non-hydrogen) atoms. The van der Waals surface area contributed by atoms with Crippen molar-refractivity contribution in [1.29, 1.82) is 0 Å². The van der Waals surface area contributed by atoms with E-state index < -0.39 is 4.92 Å². The molecule has 0 aromatic heterocycles. The Morgan fingerprint density at radius 1 is 1.24 bits per heavy atom. The molecule has 7 heteroatoms. The standard InChI is InChI=1S/C14H16N4O3/c1-21-14-5-3-2-4-10(14)9-16-11-6-12(17-15)8-13(7-11)18(19)20/h2-8,16-17H,9,15H2,1H3. The van der Waals surface area contributed by atoms with Crippen LogP contribution >= 0.6 is 0 Å². The largest absolute Gasteiger partial charge is 0.496 e. The van der Waals surface area contributed by atoms with Gasteiger partial charge in [-0.1, -0.05) is 18.2 Å². The number of anilines is 2. The molecule has 0 saturated carbocycles. The van der Waals surface area contributed by atoms with E-state index in [1.54, 1.807) is 13.2 Å². The van der Waals surface area contributed by atoms with Crippen molar-refractivity contribution in [2.24, 2.45) is 5.84 Å². The molecular formula is C14H16N4O3. The zero-order chi connectivity index (χ0) is 15.2. The van der Waals surface area contributed by atoms with Crippen molar-refractivity contribution in [1.82, 2.24) is 0 Å². The predicted octanol–water partition coefficient (Wildman–Crippen LogP) is 2.50. The molecule has 0 radical (unpaired) electrons. The first-order valence-electron chi connectivity index (χ1n) is 6.26. The van der Waals surface area contributed by atoms with Gasteiger partial charge in [-0.15, -0.1) is 0 Å². The van der Waals surface area contributed by atoms with Gasteiger partial charge in [0.15, 0.2) is 0 Å². The molecule has 0 saturated heterocycles. The van der Waals surface area contributed by atoms with Gasteiger partial charge in [-0.2, -0.15) is 0 Å². The van der Waals surface area contributed by atoms with Crippen LogP contribution in [0.1, 0.15) is 5.56 Å². The van der Waals surface area contributed by atoms with Gasteiger partial charge in [0.2, 0.25) is 0 Å². The molecule has 0 fully saturated rings. The van der Waals surface area contributed by atoms with Crippen LogP contribution in [-0.4, -0.2) is 12.0 Å². The Balaban J connectivity index is 2.19. The monoisotopic (exact) mass is 288 g/mol. The third-order valence-electron chi connectivity index (χ3n) is 2.97. The smallest absolute Gasteiger partial charge is 0.273 e. The molecule has 2 rings (SSSR count). The molecule has 110 valence electrons. The fourth-order valence-electron chi connectivity index (χ4n) is 1.95. The summed E-state index contributed by atoms with van der Waals surface area (Å²) in [6.45, 7) is 0.481. The van der Waals surface area contributed by atoms with E-state index in [2.05, 4.69) is 10.7 Å². The zero-order valence-corrected chi connectivity index (χ0v) is 11.5. The first-order valence-corrected chi connectivity index (χ1v) is 6.26. The lowest BCUT2D eigenvalue weighted by Crippen LogP contribution is -2.08. The van der Waals surface area contributed by atoms with Gasteiger partial charge in [-0.05, 0) is 12.1 Å². The molecule has 0 unspecified atom stereocenters. The first kappa shape index (κ1) is 14.6. The van der Waals surface area contributed by atoms with E-state index in [9.17, 15) is 10.1 Å². The van der Waals surface area contributed by atoms with E-state index in [4.69, 9.17) is 10.6 Å². The number of nitro groups is 1. The number of para-hydroxylation sites is 1. The molecule has 0 aliphatic carbocycles. The van der Waals surface area contributed by atoms with E-state index in [1.165, 1.54) is 12.1 Å². The summed E-state index contributed by atoms with van der Waals surface area (Å²) >= 11 is 0. The molecule has 0 atom stereocenters. The summed E-state index contributed by atoms with van der Waals surface area (Å²) in [6.07, 6.45) is 0. The van der Waals surface area contributed by atoms with Crippen LogP contribution in [0.5, 0.6) is 5.75 Å². The Labute approximate surface area is 121 Å². The summed E-state index contributed by atoms with van der Waals surface area (Å²) in [7, 11) is 1.60. The predicted molar refractivity (Wildman–Crippen MR) is 81.2 cm³/mol. The second-order valence-corrected chi connectivity index (χ2v) is 4.34. The highest BCUT2D eigenvalue weighted by Crippen LogP contribution is 2.25. The quantitative estimate of drug-likeness (QED) is 0.429. The highest BCUT2D eigenvalue weighted by Gasteiger charge is 2.10. The first-order chi connectivity index (χ1) is 10.1. The topological polar surface area (TPSA) is 102 Å². The normalized spacial score (nSPS) is 10.0. The van der Waals surface area contributed by atoms with Crippen LogP contribution in [0.2, 0.25) is 0 Å². The Bertz CT molecular complexity index is 646. The average Bonchev–Trinajstić information content (AvgIpc) is 2.52. The number of nitro benzene ring substituents is 1. The maximum Gasteiger partial charge on any atom is 0.273 e. The lowest BCUT2D eigenvalue weighted by molar-refractivity contribution is -0.384. The maximum absolute atomic E-state index is 10.9. The Kier molecular flexibility index (Phi) is 4.57. The third-order valence-corrected chi connectivity index (χ3v) is 2.97. The lowest BCUT2D eigenvalue weighted by atomic mass is 10.2. The van der Waals surface area contributed by atoms with E-state index in [-0.39, 0.29) is 5.69 Å². The van der Waals surface area contributed by atoms with Crippen molar-refractivity contribution in [3.05, 3.63) is 58.1 Å². The van der Waals surface area contributed by atoms with Gasteiger partial charge in [0.1, 0.15) is 5.75 Å². The van der Waals surface area contributed by atoms with Crippen LogP contribution in [0, 0.1) is 10.1 Å². The Morgan fingerprint density at radius 2 is 1.95 bits per heavy atom.